The minimum Gasteiger partial charge on any atom is -0.469 e. The number of methoxy groups -OCH3 is 1. The van der Waals surface area contributed by atoms with Crippen molar-refractivity contribution >= 4 is 93.2 Å². The highest BCUT2D eigenvalue weighted by atomic mass is 16.5. The van der Waals surface area contributed by atoms with Gasteiger partial charge in [0.1, 0.15) is 0 Å². The molecule has 11 nitrogen and oxygen atoms in total. The van der Waals surface area contributed by atoms with E-state index in [2.05, 4.69) is 211 Å². The maximum absolute atomic E-state index is 11.3. The second-order valence-corrected chi connectivity index (χ2v) is 20.0. The normalized spacial score (nSPS) is 11.8. The minimum atomic E-state index is -0.199. The summed E-state index contributed by atoms with van der Waals surface area (Å²) in [5.41, 5.74) is 11.0. The Kier molecular flexibility index (Phi) is 15.6. The van der Waals surface area contributed by atoms with Crippen molar-refractivity contribution in [3.63, 3.8) is 0 Å². The molecule has 0 bridgehead atoms. The van der Waals surface area contributed by atoms with Gasteiger partial charge in [-0.05, 0) is 80.0 Å². The van der Waals surface area contributed by atoms with Crippen LogP contribution >= 0.6 is 0 Å². The van der Waals surface area contributed by atoms with Crippen LogP contribution in [0.15, 0.2) is 201 Å². The molecular formula is C65H65N9O2. The number of carbonyl (C=O) groups excluding carboxylic acids is 1. The first kappa shape index (κ1) is 50.8. The topological polar surface area (TPSA) is 101 Å². The lowest BCUT2D eigenvalue weighted by atomic mass is 9.98. The third-order valence-corrected chi connectivity index (χ3v) is 14.6. The van der Waals surface area contributed by atoms with Crippen LogP contribution in [-0.4, -0.2) is 76.8 Å². The molecule has 5 aromatic carbocycles. The largest absolute Gasteiger partial charge is 0.469 e. The zero-order valence-electron chi connectivity index (χ0n) is 44.3. The number of hydrogen-bond donors (Lipinski definition) is 0. The Morgan fingerprint density at radius 1 is 0.447 bits per heavy atom. The molecule has 8 heterocycles. The van der Waals surface area contributed by atoms with E-state index in [4.69, 9.17) is 4.74 Å². The molecular weight excluding hydrogens is 939 g/mol. The molecule has 1 atom stereocenters. The van der Waals surface area contributed by atoms with Gasteiger partial charge in [-0.3, -0.25) is 24.7 Å². The number of rotatable bonds is 11. The van der Waals surface area contributed by atoms with Gasteiger partial charge in [-0.1, -0.05) is 124 Å². The van der Waals surface area contributed by atoms with E-state index in [0.29, 0.717) is 24.8 Å². The van der Waals surface area contributed by atoms with Crippen molar-refractivity contribution in [1.82, 2.24) is 43.1 Å². The maximum atomic E-state index is 11.3. The van der Waals surface area contributed by atoms with E-state index < -0.39 is 0 Å². The summed E-state index contributed by atoms with van der Waals surface area (Å²) < 4.78 is 13.9. The van der Waals surface area contributed by atoms with Crippen LogP contribution in [0, 0.1) is 11.8 Å². The monoisotopic (exact) mass is 1000 g/mol. The van der Waals surface area contributed by atoms with Gasteiger partial charge in [0.15, 0.2) is 0 Å². The quantitative estimate of drug-likeness (QED) is 0.119. The molecule has 382 valence electrons. The van der Waals surface area contributed by atoms with E-state index in [-0.39, 0.29) is 5.97 Å². The van der Waals surface area contributed by atoms with E-state index in [1.165, 1.54) is 83.5 Å². The molecule has 0 radical (unpaired) electrons. The molecule has 13 aromatic rings. The fraction of sp³-hybridized carbons (Fsp3) is 0.215. The van der Waals surface area contributed by atoms with Crippen LogP contribution in [0.5, 0.6) is 0 Å². The standard InChI is InChI=1S/C18H14N2.C17H20N2.C15H17N3.C15H14N2O2/c1-2-6-14(7-3-1)13-20-17-9-5-4-8-15(17)16-10-11-19-12-18(16)20;1-12(2)13(3)11-19-16-7-5-4-6-14(16)15-8-9-18-10-17(15)19;1-17(2)9-10-18-14-6-4-3-5-12(14)13-7-8-16-11-15(13)18;1-19-15(18)7-9-17-13-5-3-2-4-11(13)12-6-8-16-10-14(12)17/h1-12H,13H2;4-10,12-13H,11H2,1-3H3;3-8,11H,9-10H2,1-2H3;2-6,8,10H,7,9H2,1H3. The smallest absolute Gasteiger partial charge is 0.307 e. The van der Waals surface area contributed by atoms with E-state index in [9.17, 15) is 4.79 Å². The Hall–Kier alpha value is -8.67. The van der Waals surface area contributed by atoms with Crippen LogP contribution in [0.25, 0.3) is 87.2 Å². The van der Waals surface area contributed by atoms with Gasteiger partial charge < -0.3 is 27.9 Å². The minimum absolute atomic E-state index is 0.199. The van der Waals surface area contributed by atoms with Gasteiger partial charge in [-0.25, -0.2) is 0 Å². The Bertz CT molecular complexity index is 3860. The molecule has 0 saturated carbocycles. The average molecular weight is 1000 g/mol. The summed E-state index contributed by atoms with van der Waals surface area (Å²) >= 11 is 0. The molecule has 11 heteroatoms. The number of carbonyl (C=O) groups is 1. The molecule has 8 aromatic heterocycles. The van der Waals surface area contributed by atoms with Gasteiger partial charge >= 0.3 is 5.97 Å². The van der Waals surface area contributed by atoms with Gasteiger partial charge in [0.2, 0.25) is 0 Å². The van der Waals surface area contributed by atoms with Crippen LogP contribution in [0.1, 0.15) is 32.8 Å². The summed E-state index contributed by atoms with van der Waals surface area (Å²) in [6, 6.07) is 52.8. The highest BCUT2D eigenvalue weighted by molar-refractivity contribution is 6.10. The highest BCUT2D eigenvalue weighted by Crippen LogP contribution is 2.32. The number of aromatic nitrogens is 8. The first-order valence-electron chi connectivity index (χ1n) is 26.2. The molecule has 76 heavy (non-hydrogen) atoms. The van der Waals surface area contributed by atoms with Crippen molar-refractivity contribution < 1.29 is 9.53 Å². The van der Waals surface area contributed by atoms with Crippen molar-refractivity contribution in [3.8, 4) is 0 Å². The number of para-hydroxylation sites is 4. The second kappa shape index (κ2) is 23.3. The molecule has 0 fully saturated rings. The van der Waals surface area contributed by atoms with E-state index in [1.807, 2.05) is 61.6 Å². The Morgan fingerprint density at radius 3 is 1.22 bits per heavy atom. The summed E-state index contributed by atoms with van der Waals surface area (Å²) in [5, 5.41) is 10.2. The fourth-order valence-corrected chi connectivity index (χ4v) is 10.3. The van der Waals surface area contributed by atoms with Crippen LogP contribution < -0.4 is 0 Å². The van der Waals surface area contributed by atoms with Gasteiger partial charge in [0.25, 0.3) is 0 Å². The number of likely N-dealkylation sites (N-methyl/N-ethyl adjacent to an activating group) is 1. The number of pyridine rings is 4. The molecule has 0 amide bonds. The maximum Gasteiger partial charge on any atom is 0.307 e. The average Bonchev–Trinajstić information content (AvgIpc) is 4.19. The van der Waals surface area contributed by atoms with Crippen molar-refractivity contribution in [1.29, 1.82) is 0 Å². The van der Waals surface area contributed by atoms with Crippen LogP contribution in [0.3, 0.4) is 0 Å². The van der Waals surface area contributed by atoms with Gasteiger partial charge in [0, 0.05) is 123 Å². The van der Waals surface area contributed by atoms with E-state index in [0.717, 1.165) is 42.6 Å². The lowest BCUT2D eigenvalue weighted by Gasteiger charge is -2.17. The Balaban J connectivity index is 0.000000115. The molecule has 13 rings (SSSR count). The predicted molar refractivity (Wildman–Crippen MR) is 314 cm³/mol. The Labute approximate surface area is 443 Å². The van der Waals surface area contributed by atoms with Gasteiger partial charge in [0.05, 0.1) is 60.4 Å². The molecule has 0 saturated heterocycles. The number of nitrogens with zero attached hydrogens (tertiary/aromatic N) is 9. The van der Waals surface area contributed by atoms with Crippen molar-refractivity contribution in [3.05, 3.63) is 207 Å². The summed E-state index contributed by atoms with van der Waals surface area (Å²) in [5.74, 6) is 1.14. The van der Waals surface area contributed by atoms with Gasteiger partial charge in [-0.15, -0.1) is 0 Å². The molecule has 1 unspecified atom stereocenters. The number of hydrogen-bond acceptors (Lipinski definition) is 7. The number of fused-ring (bicyclic) bond motifs is 12. The third-order valence-electron chi connectivity index (χ3n) is 14.6. The fourth-order valence-electron chi connectivity index (χ4n) is 10.3. The lowest BCUT2D eigenvalue weighted by Crippen LogP contribution is -2.18. The lowest BCUT2D eigenvalue weighted by molar-refractivity contribution is -0.140. The van der Waals surface area contributed by atoms with Crippen LogP contribution in [0.4, 0.5) is 0 Å². The second-order valence-electron chi connectivity index (χ2n) is 20.0. The first-order valence-corrected chi connectivity index (χ1v) is 26.2. The van der Waals surface area contributed by atoms with E-state index in [1.54, 1.807) is 6.20 Å². The number of benzene rings is 5. The van der Waals surface area contributed by atoms with E-state index >= 15 is 0 Å². The number of esters is 1. The zero-order valence-corrected chi connectivity index (χ0v) is 44.3. The summed E-state index contributed by atoms with van der Waals surface area (Å²) in [7, 11) is 5.62. The SMILES string of the molecule is CC(C)C(C)Cn1c2ccccc2c2ccncc21.CN(C)CCn1c2ccccc2c2ccncc21.COC(=O)CCn1c2ccccc2c2ccncc21.c1ccc(Cn2c3ccccc3c3ccncc32)cc1. The van der Waals surface area contributed by atoms with Crippen molar-refractivity contribution in [2.45, 2.75) is 53.4 Å². The predicted octanol–water partition coefficient (Wildman–Crippen LogP) is 14.2. The number of aryl methyl sites for hydroxylation is 1. The summed E-state index contributed by atoms with van der Waals surface area (Å²) in [4.78, 5) is 30.6. The highest BCUT2D eigenvalue weighted by Gasteiger charge is 2.16. The van der Waals surface area contributed by atoms with Crippen LogP contribution in [-0.2, 0) is 35.7 Å². The number of ether oxygens (including phenoxy) is 1. The third kappa shape index (κ3) is 10.6. The van der Waals surface area contributed by atoms with Crippen LogP contribution in [0.2, 0.25) is 0 Å². The zero-order chi connectivity index (χ0) is 52.5. The van der Waals surface area contributed by atoms with Crippen molar-refractivity contribution in [2.24, 2.45) is 11.8 Å². The molecule has 0 aliphatic heterocycles. The molecule has 0 aliphatic carbocycles. The molecule has 0 N–H and O–H groups in total. The summed E-state index contributed by atoms with van der Waals surface area (Å²) in [6.45, 7) is 11.4. The molecule has 0 aliphatic rings. The van der Waals surface area contributed by atoms with Crippen molar-refractivity contribution in [2.75, 3.05) is 27.7 Å². The Morgan fingerprint density at radius 2 is 0.803 bits per heavy atom. The first-order chi connectivity index (χ1) is 37.2. The molecule has 0 spiro atoms. The van der Waals surface area contributed by atoms with Gasteiger partial charge in [-0.2, -0.15) is 0 Å². The summed E-state index contributed by atoms with van der Waals surface area (Å²) in [6.07, 6.45) is 15.5.